The molecule has 2 aliphatic carbocycles. The second-order valence-corrected chi connectivity index (χ2v) is 7.76. The molecule has 0 aromatic carbocycles. The van der Waals surface area contributed by atoms with Crippen molar-refractivity contribution in [3.8, 4) is 0 Å². The van der Waals surface area contributed by atoms with Crippen molar-refractivity contribution in [2.75, 3.05) is 31.1 Å². The van der Waals surface area contributed by atoms with Crippen molar-refractivity contribution < 1.29 is 5.11 Å². The average Bonchev–Trinajstić information content (AvgIpc) is 3.06. The van der Waals surface area contributed by atoms with E-state index in [0.717, 1.165) is 29.1 Å². The van der Waals surface area contributed by atoms with Gasteiger partial charge in [0.15, 0.2) is 5.13 Å². The Morgan fingerprint density at radius 2 is 1.76 bits per heavy atom. The third-order valence-electron chi connectivity index (χ3n) is 5.25. The van der Waals surface area contributed by atoms with E-state index >= 15 is 0 Å². The molecule has 0 bridgehead atoms. The van der Waals surface area contributed by atoms with E-state index in [2.05, 4.69) is 9.80 Å². The van der Waals surface area contributed by atoms with Gasteiger partial charge in [-0.15, -0.1) is 0 Å². The number of aromatic nitrogens is 1. The summed E-state index contributed by atoms with van der Waals surface area (Å²) in [5, 5.41) is 10.7. The van der Waals surface area contributed by atoms with Crippen LogP contribution in [-0.4, -0.2) is 47.2 Å². The van der Waals surface area contributed by atoms with Gasteiger partial charge in [0.2, 0.25) is 0 Å². The zero-order valence-corrected chi connectivity index (χ0v) is 13.4. The van der Waals surface area contributed by atoms with Crippen LogP contribution in [0.25, 0.3) is 0 Å². The summed E-state index contributed by atoms with van der Waals surface area (Å²) in [5.74, 6) is 0.636. The second-order valence-electron chi connectivity index (χ2n) is 6.70. The van der Waals surface area contributed by atoms with Crippen molar-refractivity contribution in [3.63, 3.8) is 0 Å². The number of anilines is 1. The van der Waals surface area contributed by atoms with Crippen LogP contribution < -0.4 is 4.90 Å². The fourth-order valence-electron chi connectivity index (χ4n) is 3.82. The van der Waals surface area contributed by atoms with Gasteiger partial charge < -0.3 is 10.0 Å². The lowest BCUT2D eigenvalue weighted by atomic mass is 10.2. The lowest BCUT2D eigenvalue weighted by Crippen LogP contribution is -2.49. The molecule has 0 unspecified atom stereocenters. The first kappa shape index (κ1) is 14.0. The van der Waals surface area contributed by atoms with Crippen LogP contribution in [0, 0.1) is 0 Å². The summed E-state index contributed by atoms with van der Waals surface area (Å²) in [6.07, 6.45) is 8.15. The Morgan fingerprint density at radius 3 is 2.38 bits per heavy atom. The molecule has 4 nitrogen and oxygen atoms in total. The third-order valence-corrected chi connectivity index (χ3v) is 6.37. The smallest absolute Gasteiger partial charge is 0.185 e. The van der Waals surface area contributed by atoms with Crippen molar-refractivity contribution in [1.82, 2.24) is 9.88 Å². The molecule has 0 atom stereocenters. The van der Waals surface area contributed by atoms with Crippen LogP contribution >= 0.6 is 11.3 Å². The number of rotatable bonds is 4. The van der Waals surface area contributed by atoms with Crippen LogP contribution in [0.3, 0.4) is 0 Å². The molecule has 21 heavy (non-hydrogen) atoms. The van der Waals surface area contributed by atoms with Gasteiger partial charge in [-0.2, -0.15) is 0 Å². The van der Waals surface area contributed by atoms with Gasteiger partial charge in [0.1, 0.15) is 0 Å². The van der Waals surface area contributed by atoms with Gasteiger partial charge in [-0.1, -0.05) is 24.2 Å². The van der Waals surface area contributed by atoms with Crippen molar-refractivity contribution in [2.24, 2.45) is 0 Å². The Kier molecular flexibility index (Phi) is 3.90. The summed E-state index contributed by atoms with van der Waals surface area (Å²) in [7, 11) is 0. The minimum atomic E-state index is 0.158. The lowest BCUT2D eigenvalue weighted by molar-refractivity contribution is 0.187. The number of hydrogen-bond acceptors (Lipinski definition) is 5. The molecule has 3 fully saturated rings. The highest BCUT2D eigenvalue weighted by Crippen LogP contribution is 2.44. The van der Waals surface area contributed by atoms with Gasteiger partial charge >= 0.3 is 0 Å². The molecule has 1 aromatic heterocycles. The number of aliphatic hydroxyl groups is 1. The molecule has 1 aromatic rings. The monoisotopic (exact) mass is 307 g/mol. The van der Waals surface area contributed by atoms with Crippen molar-refractivity contribution in [3.05, 3.63) is 10.6 Å². The van der Waals surface area contributed by atoms with E-state index in [1.807, 2.05) is 0 Å². The van der Waals surface area contributed by atoms with E-state index < -0.39 is 0 Å². The number of piperazine rings is 1. The van der Waals surface area contributed by atoms with E-state index in [0.29, 0.717) is 5.92 Å². The Morgan fingerprint density at radius 1 is 1.05 bits per heavy atom. The first-order valence-electron chi connectivity index (χ1n) is 8.44. The highest BCUT2D eigenvalue weighted by atomic mass is 32.1. The summed E-state index contributed by atoms with van der Waals surface area (Å²) >= 11 is 1.71. The zero-order valence-electron chi connectivity index (χ0n) is 12.6. The molecule has 4 rings (SSSR count). The summed E-state index contributed by atoms with van der Waals surface area (Å²) < 4.78 is 0. The fraction of sp³-hybridized carbons (Fsp3) is 0.812. The number of thiazole rings is 1. The minimum Gasteiger partial charge on any atom is -0.391 e. The zero-order chi connectivity index (χ0) is 14.2. The number of nitrogens with zero attached hydrogens (tertiary/aromatic N) is 3. The number of aliphatic hydroxyl groups excluding tert-OH is 1. The second kappa shape index (κ2) is 5.86. The van der Waals surface area contributed by atoms with Crippen LogP contribution in [0.1, 0.15) is 55.0 Å². The van der Waals surface area contributed by atoms with E-state index in [-0.39, 0.29) is 6.61 Å². The number of hydrogen-bond donors (Lipinski definition) is 1. The van der Waals surface area contributed by atoms with Crippen LogP contribution in [0.2, 0.25) is 0 Å². The SMILES string of the molecule is OCc1sc(N2CCN(C3CCCC3)CC2)nc1C1CC1. The van der Waals surface area contributed by atoms with E-state index in [1.54, 1.807) is 11.3 Å². The Labute approximate surface area is 130 Å². The summed E-state index contributed by atoms with van der Waals surface area (Å²) in [6.45, 7) is 4.71. The molecule has 5 heteroatoms. The van der Waals surface area contributed by atoms with Gasteiger partial charge in [-0.05, 0) is 25.7 Å². The first-order valence-corrected chi connectivity index (χ1v) is 9.26. The molecule has 2 heterocycles. The third kappa shape index (κ3) is 2.83. The quantitative estimate of drug-likeness (QED) is 0.928. The molecule has 0 amide bonds. The van der Waals surface area contributed by atoms with Crippen LogP contribution in [-0.2, 0) is 6.61 Å². The molecule has 0 radical (unpaired) electrons. The maximum atomic E-state index is 9.54. The Bertz CT molecular complexity index is 486. The lowest BCUT2D eigenvalue weighted by Gasteiger charge is -2.37. The summed E-state index contributed by atoms with van der Waals surface area (Å²) in [6, 6.07) is 0.846. The highest BCUT2D eigenvalue weighted by Gasteiger charge is 2.32. The predicted octanol–water partition coefficient (Wildman–Crippen LogP) is 2.58. The van der Waals surface area contributed by atoms with Gasteiger partial charge in [-0.25, -0.2) is 4.98 Å². The van der Waals surface area contributed by atoms with E-state index in [9.17, 15) is 5.11 Å². The molecule has 1 aliphatic heterocycles. The van der Waals surface area contributed by atoms with Crippen molar-refractivity contribution in [1.29, 1.82) is 0 Å². The molecular formula is C16H25N3OS. The standard InChI is InChI=1S/C16H25N3OS/c20-11-14-15(12-5-6-12)17-16(21-14)19-9-7-18(8-10-19)13-3-1-2-4-13/h12-13,20H,1-11H2. The molecule has 116 valence electrons. The fourth-order valence-corrected chi connectivity index (χ4v) is 4.88. The minimum absolute atomic E-state index is 0.158. The normalized spacial score (nSPS) is 24.9. The summed E-state index contributed by atoms with van der Waals surface area (Å²) in [5.41, 5.74) is 1.19. The van der Waals surface area contributed by atoms with Crippen molar-refractivity contribution in [2.45, 2.75) is 57.1 Å². The van der Waals surface area contributed by atoms with E-state index in [4.69, 9.17) is 4.98 Å². The van der Waals surface area contributed by atoms with Gasteiger partial charge in [0, 0.05) is 38.1 Å². The van der Waals surface area contributed by atoms with Crippen LogP contribution in [0.4, 0.5) is 5.13 Å². The van der Waals surface area contributed by atoms with Gasteiger partial charge in [-0.3, -0.25) is 4.90 Å². The maximum Gasteiger partial charge on any atom is 0.185 e. The Balaban J connectivity index is 1.41. The van der Waals surface area contributed by atoms with Crippen LogP contribution in [0.15, 0.2) is 0 Å². The Hall–Kier alpha value is -0.650. The van der Waals surface area contributed by atoms with Gasteiger partial charge in [0.05, 0.1) is 17.2 Å². The van der Waals surface area contributed by atoms with Crippen molar-refractivity contribution >= 4 is 16.5 Å². The molecule has 3 aliphatic rings. The van der Waals surface area contributed by atoms with Gasteiger partial charge in [0.25, 0.3) is 0 Å². The molecule has 2 saturated carbocycles. The average molecular weight is 307 g/mol. The van der Waals surface area contributed by atoms with Crippen LogP contribution in [0.5, 0.6) is 0 Å². The molecule has 1 saturated heterocycles. The maximum absolute atomic E-state index is 9.54. The highest BCUT2D eigenvalue weighted by molar-refractivity contribution is 7.15. The predicted molar refractivity (Wildman–Crippen MR) is 86.1 cm³/mol. The molecule has 0 spiro atoms. The topological polar surface area (TPSA) is 39.6 Å². The van der Waals surface area contributed by atoms with E-state index in [1.165, 1.54) is 57.3 Å². The molecule has 1 N–H and O–H groups in total. The molecular weight excluding hydrogens is 282 g/mol. The largest absolute Gasteiger partial charge is 0.391 e. The summed E-state index contributed by atoms with van der Waals surface area (Å²) in [4.78, 5) is 11.1. The first-order chi connectivity index (χ1) is 10.3.